The minimum absolute atomic E-state index is 0.0513. The van der Waals surface area contributed by atoms with Gasteiger partial charge in [-0.05, 0) is 61.4 Å². The van der Waals surface area contributed by atoms with Crippen molar-refractivity contribution in [2.75, 3.05) is 32.2 Å². The third-order valence-electron chi connectivity index (χ3n) is 5.26. The normalized spacial score (nSPS) is 11.2. The lowest BCUT2D eigenvalue weighted by molar-refractivity contribution is -0.119. The van der Waals surface area contributed by atoms with Crippen LogP contribution in [-0.4, -0.2) is 48.4 Å². The van der Waals surface area contributed by atoms with E-state index in [-0.39, 0.29) is 10.6 Å². The predicted molar refractivity (Wildman–Crippen MR) is 139 cm³/mol. The van der Waals surface area contributed by atoms with Crippen molar-refractivity contribution in [1.29, 1.82) is 0 Å². The monoisotopic (exact) mass is 511 g/mol. The molecule has 36 heavy (non-hydrogen) atoms. The van der Waals surface area contributed by atoms with Gasteiger partial charge in [-0.2, -0.15) is 5.10 Å². The molecule has 0 unspecified atom stereocenters. The molecule has 1 N–H and O–H groups in total. The van der Waals surface area contributed by atoms with Crippen LogP contribution in [0.5, 0.6) is 17.2 Å². The van der Waals surface area contributed by atoms with Crippen LogP contribution in [0.15, 0.2) is 70.7 Å². The largest absolute Gasteiger partial charge is 0.496 e. The minimum Gasteiger partial charge on any atom is -0.496 e. The molecule has 3 aromatic rings. The maximum absolute atomic E-state index is 13.7. The second kappa shape index (κ2) is 11.6. The van der Waals surface area contributed by atoms with Gasteiger partial charge in [0.25, 0.3) is 15.9 Å². The van der Waals surface area contributed by atoms with E-state index in [1.807, 2.05) is 32.0 Å². The topological polar surface area (TPSA) is 107 Å². The van der Waals surface area contributed by atoms with Gasteiger partial charge in [0.05, 0.1) is 38.1 Å². The molecule has 0 fully saturated rings. The number of ether oxygens (including phenoxy) is 3. The van der Waals surface area contributed by atoms with Crippen LogP contribution in [0.25, 0.3) is 0 Å². The Bertz CT molecular complexity index is 1350. The second-order valence-electron chi connectivity index (χ2n) is 7.91. The molecule has 0 spiro atoms. The second-order valence-corrected chi connectivity index (χ2v) is 9.77. The molecule has 9 nitrogen and oxygen atoms in total. The van der Waals surface area contributed by atoms with Gasteiger partial charge in [-0.25, -0.2) is 13.8 Å². The summed E-state index contributed by atoms with van der Waals surface area (Å²) >= 11 is 0. The molecule has 0 saturated carbocycles. The van der Waals surface area contributed by atoms with Crippen LogP contribution in [0.3, 0.4) is 0 Å². The number of hydrazone groups is 1. The van der Waals surface area contributed by atoms with E-state index >= 15 is 0 Å². The third kappa shape index (κ3) is 6.14. The van der Waals surface area contributed by atoms with Gasteiger partial charge in [0, 0.05) is 11.6 Å². The van der Waals surface area contributed by atoms with Crippen molar-refractivity contribution in [2.45, 2.75) is 18.7 Å². The maximum Gasteiger partial charge on any atom is 0.264 e. The van der Waals surface area contributed by atoms with Crippen LogP contribution in [0.1, 0.15) is 16.7 Å². The fraction of sp³-hybridized carbons (Fsp3) is 0.231. The molecule has 3 rings (SSSR count). The molecule has 1 amide bonds. The van der Waals surface area contributed by atoms with Gasteiger partial charge in [0.15, 0.2) is 11.5 Å². The van der Waals surface area contributed by atoms with E-state index in [1.54, 1.807) is 24.3 Å². The molecule has 0 bridgehead atoms. The number of hydrogen-bond acceptors (Lipinski definition) is 7. The van der Waals surface area contributed by atoms with Gasteiger partial charge in [-0.15, -0.1) is 0 Å². The number of aryl methyl sites for hydroxylation is 2. The SMILES string of the molecule is COc1ccccc1/C=N\NC(=O)CN(c1cc(C)cc(C)c1)S(=O)(=O)c1ccc(OC)c(OC)c1. The molecule has 0 atom stereocenters. The summed E-state index contributed by atoms with van der Waals surface area (Å²) in [4.78, 5) is 12.8. The van der Waals surface area contributed by atoms with E-state index in [0.717, 1.165) is 15.4 Å². The Labute approximate surface area is 211 Å². The van der Waals surface area contributed by atoms with E-state index in [1.165, 1.54) is 45.7 Å². The quantitative estimate of drug-likeness (QED) is 0.329. The van der Waals surface area contributed by atoms with Crippen LogP contribution in [0, 0.1) is 13.8 Å². The number of nitrogens with one attached hydrogen (secondary N) is 1. The van der Waals surface area contributed by atoms with E-state index in [2.05, 4.69) is 10.5 Å². The Morgan fingerprint density at radius 3 is 2.17 bits per heavy atom. The summed E-state index contributed by atoms with van der Waals surface area (Å²) in [5, 5.41) is 3.97. The molecule has 0 saturated heterocycles. The lowest BCUT2D eigenvalue weighted by Crippen LogP contribution is -2.39. The van der Waals surface area contributed by atoms with E-state index in [0.29, 0.717) is 22.7 Å². The number of amides is 1. The number of anilines is 1. The van der Waals surface area contributed by atoms with Crippen molar-refractivity contribution in [3.63, 3.8) is 0 Å². The zero-order valence-electron chi connectivity index (χ0n) is 20.8. The van der Waals surface area contributed by atoms with Gasteiger partial charge in [-0.3, -0.25) is 9.10 Å². The van der Waals surface area contributed by atoms with Crippen LogP contribution in [0.2, 0.25) is 0 Å². The summed E-state index contributed by atoms with van der Waals surface area (Å²) in [5.74, 6) is 0.607. The van der Waals surface area contributed by atoms with Crippen LogP contribution >= 0.6 is 0 Å². The van der Waals surface area contributed by atoms with E-state index in [9.17, 15) is 13.2 Å². The number of carbonyl (C=O) groups is 1. The van der Waals surface area contributed by atoms with Gasteiger partial charge in [0.2, 0.25) is 0 Å². The first kappa shape index (κ1) is 26.6. The predicted octanol–water partition coefficient (Wildman–Crippen LogP) is 3.67. The Balaban J connectivity index is 1.94. The Kier molecular flexibility index (Phi) is 8.55. The number of methoxy groups -OCH3 is 3. The fourth-order valence-corrected chi connectivity index (χ4v) is 5.05. The smallest absolute Gasteiger partial charge is 0.264 e. The van der Waals surface area contributed by atoms with Crippen LogP contribution in [-0.2, 0) is 14.8 Å². The van der Waals surface area contributed by atoms with Gasteiger partial charge >= 0.3 is 0 Å². The molecule has 0 heterocycles. The average molecular weight is 512 g/mol. The Morgan fingerprint density at radius 2 is 1.53 bits per heavy atom. The Morgan fingerprint density at radius 1 is 0.889 bits per heavy atom. The number of hydrogen-bond donors (Lipinski definition) is 1. The zero-order valence-corrected chi connectivity index (χ0v) is 21.6. The highest BCUT2D eigenvalue weighted by atomic mass is 32.2. The summed E-state index contributed by atoms with van der Waals surface area (Å²) in [6.07, 6.45) is 1.43. The zero-order chi connectivity index (χ0) is 26.3. The van der Waals surface area contributed by atoms with Gasteiger partial charge in [0.1, 0.15) is 12.3 Å². The lowest BCUT2D eigenvalue weighted by atomic mass is 10.1. The summed E-state index contributed by atoms with van der Waals surface area (Å²) in [5.41, 5.74) is 5.12. The van der Waals surface area contributed by atoms with Gasteiger partial charge < -0.3 is 14.2 Å². The molecule has 0 aliphatic heterocycles. The number of sulfonamides is 1. The molecule has 0 radical (unpaired) electrons. The summed E-state index contributed by atoms with van der Waals surface area (Å²) in [7, 11) is 0.252. The lowest BCUT2D eigenvalue weighted by Gasteiger charge is -2.25. The van der Waals surface area contributed by atoms with Crippen molar-refractivity contribution in [1.82, 2.24) is 5.43 Å². The van der Waals surface area contributed by atoms with E-state index in [4.69, 9.17) is 14.2 Å². The van der Waals surface area contributed by atoms with Crippen LogP contribution < -0.4 is 23.9 Å². The van der Waals surface area contributed by atoms with Crippen molar-refractivity contribution >= 4 is 27.8 Å². The molecule has 3 aromatic carbocycles. The van der Waals surface area contributed by atoms with Crippen molar-refractivity contribution in [3.05, 3.63) is 77.4 Å². The standard InChI is InChI=1S/C26H29N3O6S/c1-18-12-19(2)14-21(13-18)29(36(31,32)22-10-11-24(34-4)25(15-22)35-5)17-26(30)28-27-16-20-8-6-7-9-23(20)33-3/h6-16H,17H2,1-5H3,(H,28,30)/b27-16-. The Hall–Kier alpha value is -4.05. The number of para-hydroxylation sites is 1. The summed E-state index contributed by atoms with van der Waals surface area (Å²) < 4.78 is 44.3. The van der Waals surface area contributed by atoms with Crippen molar-refractivity contribution < 1.29 is 27.4 Å². The molecular formula is C26H29N3O6S. The highest BCUT2D eigenvalue weighted by Crippen LogP contribution is 2.32. The summed E-state index contributed by atoms with van der Waals surface area (Å²) in [6.45, 7) is 3.22. The first-order valence-electron chi connectivity index (χ1n) is 11.0. The molecule has 0 aliphatic carbocycles. The minimum atomic E-state index is -4.16. The first-order chi connectivity index (χ1) is 17.2. The molecule has 10 heteroatoms. The number of benzene rings is 3. The molecular weight excluding hydrogens is 482 g/mol. The highest BCUT2D eigenvalue weighted by molar-refractivity contribution is 7.92. The number of carbonyl (C=O) groups excluding carboxylic acids is 1. The third-order valence-corrected chi connectivity index (χ3v) is 7.03. The van der Waals surface area contributed by atoms with E-state index < -0.39 is 22.5 Å². The first-order valence-corrected chi connectivity index (χ1v) is 12.4. The van der Waals surface area contributed by atoms with Gasteiger partial charge in [-0.1, -0.05) is 18.2 Å². The van der Waals surface area contributed by atoms with Crippen molar-refractivity contribution in [2.24, 2.45) is 5.10 Å². The highest BCUT2D eigenvalue weighted by Gasteiger charge is 2.28. The number of rotatable bonds is 10. The fourth-order valence-electron chi connectivity index (χ4n) is 3.63. The van der Waals surface area contributed by atoms with Crippen LogP contribution in [0.4, 0.5) is 5.69 Å². The molecule has 0 aliphatic rings. The number of nitrogens with zero attached hydrogens (tertiary/aromatic N) is 2. The molecule has 0 aromatic heterocycles. The average Bonchev–Trinajstić information content (AvgIpc) is 2.86. The molecule has 190 valence electrons. The van der Waals surface area contributed by atoms with Crippen molar-refractivity contribution in [3.8, 4) is 17.2 Å². The summed E-state index contributed by atoms with van der Waals surface area (Å²) in [6, 6.07) is 16.8. The maximum atomic E-state index is 13.7.